The van der Waals surface area contributed by atoms with Crippen LogP contribution in [0.5, 0.6) is 0 Å². The van der Waals surface area contributed by atoms with E-state index < -0.39 is 54.2 Å². The predicted molar refractivity (Wildman–Crippen MR) is 126 cm³/mol. The Morgan fingerprint density at radius 3 is 1.97 bits per heavy atom. The number of hydrogen-bond donors (Lipinski definition) is 0. The molecule has 34 heavy (non-hydrogen) atoms. The number of carbonyl (C=O) groups is 4. The third-order valence-electron chi connectivity index (χ3n) is 5.62. The fourth-order valence-corrected chi connectivity index (χ4v) is 4.13. The summed E-state index contributed by atoms with van der Waals surface area (Å²) in [4.78, 5) is 48.1. The van der Waals surface area contributed by atoms with E-state index >= 15 is 0 Å². The molecule has 0 saturated heterocycles. The highest BCUT2D eigenvalue weighted by molar-refractivity contribution is 5.87. The minimum Gasteiger partial charge on any atom is -0.458 e. The fourth-order valence-electron chi connectivity index (χ4n) is 4.13. The van der Waals surface area contributed by atoms with Gasteiger partial charge in [0.25, 0.3) is 0 Å². The summed E-state index contributed by atoms with van der Waals surface area (Å²) in [5.41, 5.74) is 2.07. The largest absolute Gasteiger partial charge is 0.458 e. The van der Waals surface area contributed by atoms with Crippen molar-refractivity contribution < 1.29 is 38.1 Å². The van der Waals surface area contributed by atoms with Crippen LogP contribution in [0.2, 0.25) is 0 Å². The van der Waals surface area contributed by atoms with Crippen LogP contribution in [0.1, 0.15) is 68.7 Å². The maximum atomic E-state index is 12.4. The molecular formula is C26H38O8. The highest BCUT2D eigenvalue weighted by Crippen LogP contribution is 2.38. The molecule has 0 aromatic rings. The number of esters is 4. The molecule has 1 aliphatic rings. The van der Waals surface area contributed by atoms with E-state index in [9.17, 15) is 19.2 Å². The first-order valence-electron chi connectivity index (χ1n) is 11.5. The molecule has 8 heteroatoms. The molecule has 0 amide bonds. The highest BCUT2D eigenvalue weighted by atomic mass is 16.6. The molecule has 0 bridgehead atoms. The van der Waals surface area contributed by atoms with Crippen LogP contribution in [0.25, 0.3) is 0 Å². The van der Waals surface area contributed by atoms with E-state index in [0.717, 1.165) is 5.57 Å². The molecule has 8 nitrogen and oxygen atoms in total. The van der Waals surface area contributed by atoms with Crippen molar-refractivity contribution in [3.63, 3.8) is 0 Å². The van der Waals surface area contributed by atoms with Crippen LogP contribution in [0.15, 0.2) is 34.9 Å². The van der Waals surface area contributed by atoms with Gasteiger partial charge in [-0.2, -0.15) is 0 Å². The Balaban J connectivity index is 3.42. The van der Waals surface area contributed by atoms with E-state index in [1.54, 1.807) is 32.9 Å². The predicted octanol–water partition coefficient (Wildman–Crippen LogP) is 4.23. The van der Waals surface area contributed by atoms with Gasteiger partial charge in [-0.3, -0.25) is 14.4 Å². The molecule has 0 fully saturated rings. The molecule has 6 atom stereocenters. The van der Waals surface area contributed by atoms with Crippen LogP contribution < -0.4 is 0 Å². The van der Waals surface area contributed by atoms with Crippen LogP contribution in [0, 0.1) is 11.8 Å². The minimum atomic E-state index is -0.883. The Labute approximate surface area is 202 Å². The van der Waals surface area contributed by atoms with Gasteiger partial charge in [0.05, 0.1) is 0 Å². The molecular weight excluding hydrogens is 440 g/mol. The molecule has 0 radical (unpaired) electrons. The van der Waals surface area contributed by atoms with Crippen molar-refractivity contribution >= 4 is 23.9 Å². The van der Waals surface area contributed by atoms with Gasteiger partial charge in [-0.1, -0.05) is 18.6 Å². The van der Waals surface area contributed by atoms with Gasteiger partial charge in [-0.05, 0) is 64.7 Å². The number of carbonyl (C=O) groups excluding carboxylic acids is 4. The first-order chi connectivity index (χ1) is 15.8. The smallest absolute Gasteiger partial charge is 0.333 e. The Morgan fingerprint density at radius 1 is 0.941 bits per heavy atom. The lowest BCUT2D eigenvalue weighted by atomic mass is 9.74. The Bertz CT molecular complexity index is 862. The molecule has 0 heterocycles. The zero-order valence-corrected chi connectivity index (χ0v) is 21.7. The van der Waals surface area contributed by atoms with E-state index in [4.69, 9.17) is 18.9 Å². The van der Waals surface area contributed by atoms with Gasteiger partial charge < -0.3 is 18.9 Å². The summed E-state index contributed by atoms with van der Waals surface area (Å²) in [6.07, 6.45) is 2.64. The monoisotopic (exact) mass is 478 g/mol. The molecule has 0 spiro atoms. The van der Waals surface area contributed by atoms with Gasteiger partial charge in [0.2, 0.25) is 0 Å². The van der Waals surface area contributed by atoms with Crippen molar-refractivity contribution in [2.45, 2.75) is 93.2 Å². The maximum Gasteiger partial charge on any atom is 0.333 e. The first-order valence-corrected chi connectivity index (χ1v) is 11.5. The summed E-state index contributed by atoms with van der Waals surface area (Å²) in [5.74, 6) is -2.81. The van der Waals surface area contributed by atoms with Crippen molar-refractivity contribution in [1.82, 2.24) is 0 Å². The van der Waals surface area contributed by atoms with Crippen LogP contribution in [-0.2, 0) is 38.1 Å². The first kappa shape index (κ1) is 29.1. The van der Waals surface area contributed by atoms with Gasteiger partial charge >= 0.3 is 23.9 Å². The van der Waals surface area contributed by atoms with Gasteiger partial charge in [0, 0.05) is 32.3 Å². The molecule has 1 aliphatic carbocycles. The van der Waals surface area contributed by atoms with Crippen molar-refractivity contribution in [2.24, 2.45) is 11.8 Å². The van der Waals surface area contributed by atoms with Crippen molar-refractivity contribution in [1.29, 1.82) is 0 Å². The minimum absolute atomic E-state index is 0.268. The van der Waals surface area contributed by atoms with Gasteiger partial charge in [0.15, 0.2) is 6.10 Å². The van der Waals surface area contributed by atoms with Crippen LogP contribution >= 0.6 is 0 Å². The summed E-state index contributed by atoms with van der Waals surface area (Å²) < 4.78 is 22.4. The van der Waals surface area contributed by atoms with E-state index in [0.29, 0.717) is 17.6 Å². The van der Waals surface area contributed by atoms with Crippen LogP contribution in [0.3, 0.4) is 0 Å². The van der Waals surface area contributed by atoms with Crippen LogP contribution in [0.4, 0.5) is 0 Å². The Hall–Kier alpha value is -2.90. The van der Waals surface area contributed by atoms with Gasteiger partial charge in [-0.25, -0.2) is 4.79 Å². The van der Waals surface area contributed by atoms with Crippen molar-refractivity contribution in [3.05, 3.63) is 34.9 Å². The average molecular weight is 479 g/mol. The van der Waals surface area contributed by atoms with Gasteiger partial charge in [0.1, 0.15) is 18.3 Å². The third kappa shape index (κ3) is 8.80. The summed E-state index contributed by atoms with van der Waals surface area (Å²) in [5, 5.41) is 0. The summed E-state index contributed by atoms with van der Waals surface area (Å²) in [6.45, 7) is 14.7. The quantitative estimate of drug-likeness (QED) is 0.210. The molecule has 190 valence electrons. The summed E-state index contributed by atoms with van der Waals surface area (Å²) >= 11 is 0. The van der Waals surface area contributed by atoms with Crippen LogP contribution in [-0.4, -0.2) is 48.3 Å². The third-order valence-corrected chi connectivity index (χ3v) is 5.62. The normalized spacial score (nSPS) is 24.1. The Kier molecular flexibility index (Phi) is 11.2. The second kappa shape index (κ2) is 13.1. The lowest BCUT2D eigenvalue weighted by Crippen LogP contribution is -2.52. The second-order valence-electron chi connectivity index (χ2n) is 9.04. The lowest BCUT2D eigenvalue weighted by molar-refractivity contribution is -0.179. The van der Waals surface area contributed by atoms with Crippen molar-refractivity contribution in [3.8, 4) is 0 Å². The maximum absolute atomic E-state index is 12.4. The topological polar surface area (TPSA) is 105 Å². The average Bonchev–Trinajstić information content (AvgIpc) is 2.68. The molecule has 1 rings (SSSR count). The molecule has 0 saturated carbocycles. The SMILES string of the molecule is C/C=C(/C)C(=O)O[C@H](C=C(C)C)C[C@H](C)[C@H]1[C@H](OC(C)=O)[C@H](OC(C)=O)C(C)=C[C@@H]1OC(C)=O. The number of rotatable bonds is 9. The standard InChI is InChI=1S/C26H38O8/c1-10-15(4)26(30)34-21(11-14(2)3)12-16(5)23-22(31-18(7)27)13-17(6)24(32-19(8)28)25(23)33-20(9)29/h10-11,13,16,21-25H,12H2,1-9H3/b15-10-/t16-,21+,22-,23+,24+,25-/m0/s1. The second-order valence-corrected chi connectivity index (χ2v) is 9.04. The molecule has 0 aromatic heterocycles. The van der Waals surface area contributed by atoms with E-state index in [2.05, 4.69) is 0 Å². The van der Waals surface area contributed by atoms with Crippen molar-refractivity contribution in [2.75, 3.05) is 0 Å². The molecule has 0 aromatic carbocycles. The highest BCUT2D eigenvalue weighted by Gasteiger charge is 2.47. The molecule has 0 unspecified atom stereocenters. The van der Waals surface area contributed by atoms with E-state index in [-0.39, 0.29) is 5.92 Å². The molecule has 0 N–H and O–H groups in total. The summed E-state index contributed by atoms with van der Waals surface area (Å²) in [6, 6.07) is 0. The summed E-state index contributed by atoms with van der Waals surface area (Å²) in [7, 11) is 0. The van der Waals surface area contributed by atoms with Gasteiger partial charge in [-0.15, -0.1) is 0 Å². The number of ether oxygens (including phenoxy) is 4. The number of hydrogen-bond acceptors (Lipinski definition) is 8. The molecule has 0 aliphatic heterocycles. The zero-order valence-electron chi connectivity index (χ0n) is 21.7. The zero-order chi connectivity index (χ0) is 26.2. The van der Waals surface area contributed by atoms with E-state index in [1.807, 2.05) is 26.8 Å². The van der Waals surface area contributed by atoms with E-state index in [1.165, 1.54) is 20.8 Å². The number of allylic oxidation sites excluding steroid dienone is 2. The Morgan fingerprint density at radius 2 is 1.50 bits per heavy atom. The lowest BCUT2D eigenvalue weighted by Gasteiger charge is -2.42. The fraction of sp³-hybridized carbons (Fsp3) is 0.615.